The Bertz CT molecular complexity index is 874. The van der Waals surface area contributed by atoms with Gasteiger partial charge in [0.1, 0.15) is 6.04 Å². The van der Waals surface area contributed by atoms with Crippen molar-refractivity contribution in [3.05, 3.63) is 68.1 Å². The van der Waals surface area contributed by atoms with Gasteiger partial charge in [-0.1, -0.05) is 71.2 Å². The van der Waals surface area contributed by atoms with Crippen molar-refractivity contribution in [2.24, 2.45) is 5.92 Å². The summed E-state index contributed by atoms with van der Waals surface area (Å²) in [7, 11) is 0. The van der Waals surface area contributed by atoms with Crippen molar-refractivity contribution in [1.29, 1.82) is 0 Å². The maximum Gasteiger partial charge on any atom is 0.242 e. The van der Waals surface area contributed by atoms with Gasteiger partial charge in [-0.2, -0.15) is 0 Å². The molecule has 0 saturated heterocycles. The van der Waals surface area contributed by atoms with Gasteiger partial charge in [0, 0.05) is 17.6 Å². The van der Waals surface area contributed by atoms with E-state index in [1.54, 1.807) is 30.0 Å². The number of benzene rings is 2. The maximum absolute atomic E-state index is 13.1. The van der Waals surface area contributed by atoms with Crippen LogP contribution in [0.25, 0.3) is 0 Å². The van der Waals surface area contributed by atoms with Crippen molar-refractivity contribution in [3.63, 3.8) is 0 Å². The molecule has 2 amide bonds. The number of halogens is 3. The summed E-state index contributed by atoms with van der Waals surface area (Å²) >= 11 is 15.5. The van der Waals surface area contributed by atoms with E-state index in [0.29, 0.717) is 29.1 Å². The second-order valence-electron chi connectivity index (χ2n) is 7.39. The van der Waals surface area contributed by atoms with E-state index in [1.807, 2.05) is 38.1 Å². The fourth-order valence-electron chi connectivity index (χ4n) is 2.79. The third-order valence-corrected chi connectivity index (χ3v) is 5.67. The lowest BCUT2D eigenvalue weighted by molar-refractivity contribution is -0.140. The van der Waals surface area contributed by atoms with Crippen LogP contribution in [-0.2, 0) is 22.6 Å². The van der Waals surface area contributed by atoms with Crippen LogP contribution in [0.1, 0.15) is 31.9 Å². The Hall–Kier alpha value is -1.56. The molecule has 0 aliphatic rings. The highest BCUT2D eigenvalue weighted by atomic mass is 79.9. The second kappa shape index (κ2) is 11.0. The Labute approximate surface area is 190 Å². The van der Waals surface area contributed by atoms with Gasteiger partial charge in [0.25, 0.3) is 0 Å². The molecule has 0 spiro atoms. The fraction of sp³-hybridized carbons (Fsp3) is 0.364. The molecule has 7 heteroatoms. The largest absolute Gasteiger partial charge is 0.354 e. The van der Waals surface area contributed by atoms with Crippen molar-refractivity contribution in [2.45, 2.75) is 39.8 Å². The van der Waals surface area contributed by atoms with Gasteiger partial charge in [-0.3, -0.25) is 9.59 Å². The Morgan fingerprint density at radius 3 is 2.38 bits per heavy atom. The van der Waals surface area contributed by atoms with Gasteiger partial charge < -0.3 is 10.2 Å². The molecular weight excluding hydrogens is 475 g/mol. The van der Waals surface area contributed by atoms with Crippen LogP contribution >= 0.6 is 39.1 Å². The summed E-state index contributed by atoms with van der Waals surface area (Å²) < 4.78 is 0.920. The summed E-state index contributed by atoms with van der Waals surface area (Å²) in [5.41, 5.74) is 1.68. The molecule has 0 aliphatic heterocycles. The zero-order valence-corrected chi connectivity index (χ0v) is 19.8. The summed E-state index contributed by atoms with van der Waals surface area (Å²) in [6.45, 7) is 6.70. The molecule has 2 rings (SSSR count). The van der Waals surface area contributed by atoms with Gasteiger partial charge >= 0.3 is 0 Å². The van der Waals surface area contributed by atoms with E-state index in [0.717, 1.165) is 15.6 Å². The summed E-state index contributed by atoms with van der Waals surface area (Å²) in [5, 5.41) is 3.76. The average molecular weight is 500 g/mol. The number of rotatable bonds is 8. The zero-order valence-electron chi connectivity index (χ0n) is 16.7. The van der Waals surface area contributed by atoms with Gasteiger partial charge in [0.2, 0.25) is 11.8 Å². The molecule has 0 unspecified atom stereocenters. The van der Waals surface area contributed by atoms with Gasteiger partial charge in [0.15, 0.2) is 0 Å². The molecule has 29 heavy (non-hydrogen) atoms. The number of hydrogen-bond acceptors (Lipinski definition) is 2. The Morgan fingerprint density at radius 1 is 1.03 bits per heavy atom. The average Bonchev–Trinajstić information content (AvgIpc) is 2.66. The normalized spacial score (nSPS) is 12.0. The first-order valence-corrected chi connectivity index (χ1v) is 11.0. The molecule has 0 heterocycles. The number of nitrogens with one attached hydrogen (secondary N) is 1. The van der Waals surface area contributed by atoms with Gasteiger partial charge in [-0.05, 0) is 48.2 Å². The molecule has 4 nitrogen and oxygen atoms in total. The first-order valence-electron chi connectivity index (χ1n) is 9.43. The van der Waals surface area contributed by atoms with E-state index in [4.69, 9.17) is 23.2 Å². The smallest absolute Gasteiger partial charge is 0.242 e. The predicted molar refractivity (Wildman–Crippen MR) is 122 cm³/mol. The lowest BCUT2D eigenvalue weighted by Crippen LogP contribution is -2.48. The highest BCUT2D eigenvalue weighted by molar-refractivity contribution is 9.10. The van der Waals surface area contributed by atoms with E-state index in [2.05, 4.69) is 21.2 Å². The summed E-state index contributed by atoms with van der Waals surface area (Å²) in [6.07, 6.45) is 0.132. The van der Waals surface area contributed by atoms with Crippen LogP contribution in [0.5, 0.6) is 0 Å². The van der Waals surface area contributed by atoms with Gasteiger partial charge in [-0.15, -0.1) is 0 Å². The Morgan fingerprint density at radius 2 is 1.76 bits per heavy atom. The van der Waals surface area contributed by atoms with E-state index in [-0.39, 0.29) is 18.2 Å². The minimum absolute atomic E-state index is 0.132. The van der Waals surface area contributed by atoms with Crippen molar-refractivity contribution in [2.75, 3.05) is 6.54 Å². The van der Waals surface area contributed by atoms with Crippen LogP contribution in [-0.4, -0.2) is 29.3 Å². The summed E-state index contributed by atoms with van der Waals surface area (Å²) in [6, 6.07) is 12.2. The molecule has 0 radical (unpaired) electrons. The van der Waals surface area contributed by atoms with E-state index >= 15 is 0 Å². The fourth-order valence-corrected chi connectivity index (χ4v) is 3.56. The van der Waals surface area contributed by atoms with Crippen LogP contribution in [0.3, 0.4) is 0 Å². The van der Waals surface area contributed by atoms with Crippen molar-refractivity contribution >= 4 is 50.9 Å². The molecule has 1 atom stereocenters. The lowest BCUT2D eigenvalue weighted by Gasteiger charge is -2.29. The number of amides is 2. The first-order chi connectivity index (χ1) is 13.7. The molecule has 0 bridgehead atoms. The number of hydrogen-bond donors (Lipinski definition) is 1. The highest BCUT2D eigenvalue weighted by Gasteiger charge is 2.26. The molecule has 0 fully saturated rings. The predicted octanol–water partition coefficient (Wildman–Crippen LogP) is 5.49. The molecular formula is C22H25BrCl2N2O2. The Balaban J connectivity index is 2.23. The molecule has 0 aliphatic carbocycles. The number of nitrogens with zero attached hydrogens (tertiary/aromatic N) is 1. The van der Waals surface area contributed by atoms with E-state index in [1.165, 1.54) is 0 Å². The molecule has 2 aromatic rings. The SMILES string of the molecule is CC(C)CNC(=O)[C@H](C)N(Cc1cccc(Br)c1)C(=O)Cc1ccc(Cl)c(Cl)c1. The standard InChI is InChI=1S/C22H25BrCl2N2O2/c1-14(2)12-26-22(29)15(3)27(13-17-5-4-6-18(23)9-17)21(28)11-16-7-8-19(24)20(25)10-16/h4-10,14-15H,11-13H2,1-3H3,(H,26,29)/t15-/m0/s1. The number of carbonyl (C=O) groups excluding carboxylic acids is 2. The minimum atomic E-state index is -0.608. The van der Waals surface area contributed by atoms with Gasteiger partial charge in [0.05, 0.1) is 16.5 Å². The third kappa shape index (κ3) is 7.32. The Kier molecular flexibility index (Phi) is 9.00. The third-order valence-electron chi connectivity index (χ3n) is 4.43. The quantitative estimate of drug-likeness (QED) is 0.522. The lowest BCUT2D eigenvalue weighted by atomic mass is 10.1. The maximum atomic E-state index is 13.1. The van der Waals surface area contributed by atoms with Crippen LogP contribution in [0, 0.1) is 5.92 Å². The van der Waals surface area contributed by atoms with Crippen LogP contribution in [0.4, 0.5) is 0 Å². The summed E-state index contributed by atoms with van der Waals surface area (Å²) in [5.74, 6) is 0.00309. The van der Waals surface area contributed by atoms with Crippen LogP contribution in [0.15, 0.2) is 46.9 Å². The van der Waals surface area contributed by atoms with Crippen molar-refractivity contribution in [3.8, 4) is 0 Å². The molecule has 0 saturated carbocycles. The van der Waals surface area contributed by atoms with E-state index in [9.17, 15) is 9.59 Å². The zero-order chi connectivity index (χ0) is 21.6. The second-order valence-corrected chi connectivity index (χ2v) is 9.12. The van der Waals surface area contributed by atoms with Crippen molar-refractivity contribution in [1.82, 2.24) is 10.2 Å². The molecule has 0 aromatic heterocycles. The first kappa shape index (κ1) is 23.7. The van der Waals surface area contributed by atoms with Crippen LogP contribution < -0.4 is 5.32 Å². The molecule has 2 aromatic carbocycles. The molecule has 1 N–H and O–H groups in total. The molecule has 156 valence electrons. The highest BCUT2D eigenvalue weighted by Crippen LogP contribution is 2.23. The monoisotopic (exact) mass is 498 g/mol. The van der Waals surface area contributed by atoms with Crippen molar-refractivity contribution < 1.29 is 9.59 Å². The van der Waals surface area contributed by atoms with Crippen LogP contribution in [0.2, 0.25) is 10.0 Å². The van der Waals surface area contributed by atoms with E-state index < -0.39 is 6.04 Å². The minimum Gasteiger partial charge on any atom is -0.354 e. The topological polar surface area (TPSA) is 49.4 Å². The summed E-state index contributed by atoms with van der Waals surface area (Å²) in [4.78, 5) is 27.4. The van der Waals surface area contributed by atoms with Gasteiger partial charge in [-0.25, -0.2) is 0 Å². The number of carbonyl (C=O) groups is 2.